The van der Waals surface area contributed by atoms with Gasteiger partial charge in [-0.1, -0.05) is 44.2 Å². The third kappa shape index (κ3) is 9.39. The number of carbonyl (C=O) groups excluding carboxylic acids is 1. The number of rotatable bonds is 13. The molecule has 168 valence electrons. The van der Waals surface area contributed by atoms with E-state index in [1.807, 2.05) is 30.3 Å². The summed E-state index contributed by atoms with van der Waals surface area (Å²) in [7, 11) is -4.48. The Morgan fingerprint density at radius 1 is 1.23 bits per heavy atom. The molecular formula is C19H31N4O6P. The number of guanidine groups is 1. The van der Waals surface area contributed by atoms with Crippen molar-refractivity contribution < 1.29 is 28.7 Å². The molecule has 0 aliphatic carbocycles. The first-order valence-electron chi connectivity index (χ1n) is 9.65. The van der Waals surface area contributed by atoms with Crippen molar-refractivity contribution in [2.45, 2.75) is 51.4 Å². The number of nitrogens with one attached hydrogen (secondary N) is 1. The molecule has 1 aromatic carbocycles. The van der Waals surface area contributed by atoms with Crippen LogP contribution in [-0.2, 0) is 25.1 Å². The van der Waals surface area contributed by atoms with Crippen molar-refractivity contribution in [1.82, 2.24) is 5.32 Å². The molecule has 0 bridgehead atoms. The number of aliphatic carboxylic acids is 1. The Morgan fingerprint density at radius 3 is 2.40 bits per heavy atom. The fourth-order valence-corrected chi connectivity index (χ4v) is 4.47. The Bertz CT molecular complexity index is 768. The number of carbonyl (C=O) groups is 2. The second-order valence-corrected chi connectivity index (χ2v) is 9.08. The van der Waals surface area contributed by atoms with Gasteiger partial charge >= 0.3 is 13.6 Å². The van der Waals surface area contributed by atoms with E-state index >= 15 is 0 Å². The summed E-state index contributed by atoms with van der Waals surface area (Å²) in [6.07, 6.45) is -0.767. The molecular weight excluding hydrogens is 411 g/mol. The number of nitrogens with zero attached hydrogens (tertiary/aromatic N) is 1. The first kappa shape index (κ1) is 25.6. The number of carboxylic acids is 1. The second kappa shape index (κ2) is 12.3. The summed E-state index contributed by atoms with van der Waals surface area (Å²) in [4.78, 5) is 37.9. The molecule has 1 rings (SSSR count). The number of nitrogens with two attached hydrogens (primary N) is 2. The lowest BCUT2D eigenvalue weighted by Gasteiger charge is -2.28. The number of aliphatic imine (C=N–C) groups is 1. The SMILES string of the molecule is CC(C)C(NC(=O)CCc1ccccc1)P(=O)(O)O[C@@H](CCCN=C(N)N)C(=O)O. The van der Waals surface area contributed by atoms with E-state index in [1.54, 1.807) is 13.8 Å². The minimum Gasteiger partial charge on any atom is -0.479 e. The predicted molar refractivity (Wildman–Crippen MR) is 114 cm³/mol. The first-order chi connectivity index (χ1) is 14.0. The van der Waals surface area contributed by atoms with Crippen LogP contribution >= 0.6 is 7.60 Å². The van der Waals surface area contributed by atoms with Crippen LogP contribution in [0.25, 0.3) is 0 Å². The molecule has 7 N–H and O–H groups in total. The molecule has 0 radical (unpaired) electrons. The van der Waals surface area contributed by atoms with Crippen molar-refractivity contribution in [3.8, 4) is 0 Å². The normalized spacial score (nSPS) is 15.1. The molecule has 0 aliphatic rings. The zero-order valence-corrected chi connectivity index (χ0v) is 18.1. The van der Waals surface area contributed by atoms with Gasteiger partial charge in [-0.05, 0) is 30.7 Å². The number of carboxylic acid groups (broad SMARTS) is 1. The van der Waals surface area contributed by atoms with Crippen LogP contribution in [0.5, 0.6) is 0 Å². The minimum atomic E-state index is -4.48. The summed E-state index contributed by atoms with van der Waals surface area (Å²) >= 11 is 0. The Labute approximate surface area is 176 Å². The quantitative estimate of drug-likeness (QED) is 0.132. The fraction of sp³-hybridized carbons (Fsp3) is 0.526. The zero-order valence-electron chi connectivity index (χ0n) is 17.2. The van der Waals surface area contributed by atoms with E-state index in [0.29, 0.717) is 6.42 Å². The van der Waals surface area contributed by atoms with E-state index in [-0.39, 0.29) is 31.8 Å². The van der Waals surface area contributed by atoms with Gasteiger partial charge in [0.1, 0.15) is 5.78 Å². The zero-order chi connectivity index (χ0) is 22.7. The molecule has 0 fully saturated rings. The Morgan fingerprint density at radius 2 is 1.87 bits per heavy atom. The molecule has 0 saturated carbocycles. The van der Waals surface area contributed by atoms with Crippen molar-refractivity contribution in [2.24, 2.45) is 22.4 Å². The summed E-state index contributed by atoms with van der Waals surface area (Å²) < 4.78 is 17.9. The highest BCUT2D eigenvalue weighted by Gasteiger charge is 2.40. The van der Waals surface area contributed by atoms with Gasteiger partial charge in [0.05, 0.1) is 0 Å². The van der Waals surface area contributed by atoms with Crippen LogP contribution in [0.1, 0.15) is 38.7 Å². The third-order valence-electron chi connectivity index (χ3n) is 4.25. The number of benzene rings is 1. The van der Waals surface area contributed by atoms with Crippen LogP contribution in [0.4, 0.5) is 0 Å². The largest absolute Gasteiger partial charge is 0.479 e. The lowest BCUT2D eigenvalue weighted by Crippen LogP contribution is -2.40. The van der Waals surface area contributed by atoms with E-state index in [4.69, 9.17) is 16.0 Å². The highest BCUT2D eigenvalue weighted by Crippen LogP contribution is 2.50. The first-order valence-corrected chi connectivity index (χ1v) is 11.3. The van der Waals surface area contributed by atoms with Gasteiger partial charge in [-0.3, -0.25) is 18.9 Å². The van der Waals surface area contributed by atoms with Gasteiger partial charge in [-0.2, -0.15) is 0 Å². The third-order valence-corrected chi connectivity index (χ3v) is 6.23. The fourth-order valence-electron chi connectivity index (χ4n) is 2.72. The topological polar surface area (TPSA) is 177 Å². The molecule has 30 heavy (non-hydrogen) atoms. The van der Waals surface area contributed by atoms with Crippen LogP contribution in [0.3, 0.4) is 0 Å². The van der Waals surface area contributed by atoms with Gasteiger partial charge in [-0.15, -0.1) is 0 Å². The van der Waals surface area contributed by atoms with Gasteiger partial charge in [0, 0.05) is 13.0 Å². The predicted octanol–water partition coefficient (Wildman–Crippen LogP) is 1.43. The molecule has 11 heteroatoms. The average Bonchev–Trinajstić information content (AvgIpc) is 2.66. The monoisotopic (exact) mass is 442 g/mol. The van der Waals surface area contributed by atoms with Gasteiger partial charge in [0.2, 0.25) is 5.91 Å². The number of amides is 1. The molecule has 0 aliphatic heterocycles. The van der Waals surface area contributed by atoms with Crippen molar-refractivity contribution in [3.63, 3.8) is 0 Å². The number of hydrogen-bond donors (Lipinski definition) is 5. The second-order valence-electron chi connectivity index (χ2n) is 7.19. The van der Waals surface area contributed by atoms with Gasteiger partial charge in [0.25, 0.3) is 0 Å². The van der Waals surface area contributed by atoms with Crippen LogP contribution < -0.4 is 16.8 Å². The van der Waals surface area contributed by atoms with Crippen LogP contribution in [-0.4, -0.2) is 46.3 Å². The van der Waals surface area contributed by atoms with E-state index in [9.17, 15) is 24.2 Å². The van der Waals surface area contributed by atoms with E-state index in [0.717, 1.165) is 5.56 Å². The lowest BCUT2D eigenvalue weighted by atomic mass is 10.1. The standard InChI is InChI=1S/C19H31N4O6P/c1-13(2)17(23-16(24)11-10-14-7-4-3-5-8-14)30(27,28)29-15(18(25)26)9-6-12-22-19(20)21/h3-5,7-8,13,15,17H,6,9-12H2,1-2H3,(H,23,24)(H,25,26)(H,27,28)(H4,20,21,22)/t15-,17?/m0/s1. The van der Waals surface area contributed by atoms with E-state index in [2.05, 4.69) is 10.3 Å². The van der Waals surface area contributed by atoms with Crippen LogP contribution in [0.15, 0.2) is 35.3 Å². The molecule has 1 aromatic rings. The molecule has 0 aromatic heterocycles. The van der Waals surface area contributed by atoms with Crippen molar-refractivity contribution in [1.29, 1.82) is 0 Å². The van der Waals surface area contributed by atoms with E-state index < -0.39 is 37.3 Å². The van der Waals surface area contributed by atoms with Crippen LogP contribution in [0, 0.1) is 5.92 Å². The maximum Gasteiger partial charge on any atom is 0.351 e. The maximum absolute atomic E-state index is 12.8. The molecule has 1 amide bonds. The molecule has 10 nitrogen and oxygen atoms in total. The average molecular weight is 442 g/mol. The van der Waals surface area contributed by atoms with Gasteiger partial charge < -0.3 is 26.8 Å². The molecule has 2 unspecified atom stereocenters. The number of aryl methyl sites for hydroxylation is 1. The minimum absolute atomic E-state index is 0.0660. The summed E-state index contributed by atoms with van der Waals surface area (Å²) in [5.41, 5.74) is 11.4. The summed E-state index contributed by atoms with van der Waals surface area (Å²) in [5.74, 6) is -3.63. The Balaban J connectivity index is 2.73. The number of hydrogen-bond acceptors (Lipinski definition) is 5. The van der Waals surface area contributed by atoms with Gasteiger partial charge in [0.15, 0.2) is 12.1 Å². The summed E-state index contributed by atoms with van der Waals surface area (Å²) in [6, 6.07) is 9.35. The summed E-state index contributed by atoms with van der Waals surface area (Å²) in [6.45, 7) is 3.45. The Kier molecular flexibility index (Phi) is 10.5. The van der Waals surface area contributed by atoms with E-state index in [1.165, 1.54) is 0 Å². The van der Waals surface area contributed by atoms with Gasteiger partial charge in [-0.25, -0.2) is 4.79 Å². The van der Waals surface area contributed by atoms with Crippen LogP contribution in [0.2, 0.25) is 0 Å². The van der Waals surface area contributed by atoms with Crippen molar-refractivity contribution in [3.05, 3.63) is 35.9 Å². The highest BCUT2D eigenvalue weighted by atomic mass is 31.2. The summed E-state index contributed by atoms with van der Waals surface area (Å²) in [5, 5.41) is 11.9. The smallest absolute Gasteiger partial charge is 0.351 e. The molecule has 3 atom stereocenters. The lowest BCUT2D eigenvalue weighted by molar-refractivity contribution is -0.145. The molecule has 0 saturated heterocycles. The van der Waals surface area contributed by atoms with Crippen molar-refractivity contribution >= 4 is 25.4 Å². The van der Waals surface area contributed by atoms with Crippen molar-refractivity contribution in [2.75, 3.05) is 6.54 Å². The Hall–Kier alpha value is -2.42. The molecule has 0 spiro atoms. The maximum atomic E-state index is 12.8. The molecule has 0 heterocycles. The highest BCUT2D eigenvalue weighted by molar-refractivity contribution is 7.53.